The second kappa shape index (κ2) is 5.52. The molecular weight excluding hydrogens is 230 g/mol. The molecule has 0 aliphatic heterocycles. The number of aromatic nitrogens is 2. The van der Waals surface area contributed by atoms with Crippen molar-refractivity contribution in [1.82, 2.24) is 14.7 Å². The predicted molar refractivity (Wildman–Crippen MR) is 70.6 cm³/mol. The van der Waals surface area contributed by atoms with Crippen LogP contribution in [-0.4, -0.2) is 45.4 Å². The largest absolute Gasteiger partial charge is 0.395 e. The zero-order chi connectivity index (χ0) is 13.9. The lowest BCUT2D eigenvalue weighted by molar-refractivity contribution is 0.0724. The molecule has 0 unspecified atom stereocenters. The summed E-state index contributed by atoms with van der Waals surface area (Å²) in [4.78, 5) is 13.8. The molecule has 0 aromatic carbocycles. The summed E-state index contributed by atoms with van der Waals surface area (Å²) in [5.74, 6) is -0.127. The fraction of sp³-hybridized carbons (Fsp3) is 0.692. The van der Waals surface area contributed by atoms with Crippen molar-refractivity contribution in [3.63, 3.8) is 0 Å². The van der Waals surface area contributed by atoms with Gasteiger partial charge >= 0.3 is 0 Å². The Balaban J connectivity index is 3.01. The molecule has 1 aromatic heterocycles. The average Bonchev–Trinajstić information content (AvgIpc) is 2.67. The minimum absolute atomic E-state index is 0.0292. The van der Waals surface area contributed by atoms with E-state index in [2.05, 4.69) is 5.10 Å². The van der Waals surface area contributed by atoms with Gasteiger partial charge in [-0.1, -0.05) is 0 Å². The van der Waals surface area contributed by atoms with Gasteiger partial charge in [-0.15, -0.1) is 0 Å². The summed E-state index contributed by atoms with van der Waals surface area (Å²) in [7, 11) is 0. The van der Waals surface area contributed by atoms with Crippen molar-refractivity contribution in [3.8, 4) is 0 Å². The molecule has 0 aliphatic carbocycles. The van der Waals surface area contributed by atoms with E-state index in [1.54, 1.807) is 11.0 Å². The number of carbonyl (C=O) groups excluding carboxylic acids is 1. The lowest BCUT2D eigenvalue weighted by atomic mass is 10.1. The van der Waals surface area contributed by atoms with Crippen LogP contribution in [0.1, 0.15) is 43.9 Å². The quantitative estimate of drug-likeness (QED) is 0.882. The predicted octanol–water partition coefficient (Wildman–Crippen LogP) is 1.40. The van der Waals surface area contributed by atoms with Crippen LogP contribution in [0.5, 0.6) is 0 Å². The van der Waals surface area contributed by atoms with Gasteiger partial charge in [-0.25, -0.2) is 0 Å². The number of amides is 1. The van der Waals surface area contributed by atoms with E-state index in [0.29, 0.717) is 18.8 Å². The summed E-state index contributed by atoms with van der Waals surface area (Å²) in [5.41, 5.74) is 1.26. The fourth-order valence-electron chi connectivity index (χ4n) is 1.94. The van der Waals surface area contributed by atoms with Gasteiger partial charge in [-0.05, 0) is 40.7 Å². The summed E-state index contributed by atoms with van der Waals surface area (Å²) < 4.78 is 1.85. The Labute approximate surface area is 108 Å². The highest BCUT2D eigenvalue weighted by molar-refractivity contribution is 5.92. The number of rotatable bonds is 4. The molecule has 0 atom stereocenters. The van der Waals surface area contributed by atoms with Crippen molar-refractivity contribution in [2.24, 2.45) is 0 Å². The normalized spacial score (nSPS) is 11.7. The molecule has 0 aliphatic rings. The zero-order valence-electron chi connectivity index (χ0n) is 11.9. The molecule has 0 saturated heterocycles. The van der Waals surface area contributed by atoms with E-state index in [0.717, 1.165) is 5.69 Å². The average molecular weight is 253 g/mol. The minimum atomic E-state index is -0.142. The van der Waals surface area contributed by atoms with E-state index < -0.39 is 0 Å². The van der Waals surface area contributed by atoms with E-state index in [9.17, 15) is 4.79 Å². The van der Waals surface area contributed by atoms with Gasteiger partial charge in [0.1, 0.15) is 0 Å². The number of nitrogens with zero attached hydrogens (tertiary/aromatic N) is 3. The Morgan fingerprint density at radius 1 is 1.50 bits per heavy atom. The number of aliphatic hydroxyl groups excluding tert-OH is 1. The van der Waals surface area contributed by atoms with Gasteiger partial charge in [0.15, 0.2) is 5.69 Å². The van der Waals surface area contributed by atoms with Gasteiger partial charge in [0.05, 0.1) is 12.1 Å². The van der Waals surface area contributed by atoms with Gasteiger partial charge in [0.25, 0.3) is 5.91 Å². The standard InChI is InChI=1S/C13H23N3O2/c1-6-15(7-8-17)12(18)11-9-10(2)16(14-11)13(3,4)5/h9,17H,6-8H2,1-5H3. The maximum atomic E-state index is 12.2. The third-order valence-electron chi connectivity index (χ3n) is 2.78. The van der Waals surface area contributed by atoms with Crippen LogP contribution in [0.25, 0.3) is 0 Å². The molecule has 0 radical (unpaired) electrons. The van der Waals surface area contributed by atoms with Crippen molar-refractivity contribution in [2.75, 3.05) is 19.7 Å². The first-order valence-corrected chi connectivity index (χ1v) is 6.28. The van der Waals surface area contributed by atoms with E-state index in [1.165, 1.54) is 0 Å². The molecule has 0 bridgehead atoms. The molecule has 0 fully saturated rings. The summed E-state index contributed by atoms with van der Waals surface area (Å²) in [5, 5.41) is 13.3. The van der Waals surface area contributed by atoms with Crippen molar-refractivity contribution in [2.45, 2.75) is 40.2 Å². The first kappa shape index (κ1) is 14.7. The molecule has 18 heavy (non-hydrogen) atoms. The minimum Gasteiger partial charge on any atom is -0.395 e. The van der Waals surface area contributed by atoms with Gasteiger partial charge in [-0.2, -0.15) is 5.10 Å². The highest BCUT2D eigenvalue weighted by Crippen LogP contribution is 2.17. The Kier molecular flexibility index (Phi) is 4.51. The molecule has 5 nitrogen and oxygen atoms in total. The van der Waals surface area contributed by atoms with Gasteiger partial charge in [-0.3, -0.25) is 9.48 Å². The number of likely N-dealkylation sites (N-methyl/N-ethyl adjacent to an activating group) is 1. The van der Waals surface area contributed by atoms with Gasteiger partial charge < -0.3 is 10.0 Å². The summed E-state index contributed by atoms with van der Waals surface area (Å²) in [6.07, 6.45) is 0. The SMILES string of the molecule is CCN(CCO)C(=O)c1cc(C)n(C(C)(C)C)n1. The first-order valence-electron chi connectivity index (χ1n) is 6.28. The maximum Gasteiger partial charge on any atom is 0.274 e. The van der Waals surface area contributed by atoms with E-state index >= 15 is 0 Å². The van der Waals surface area contributed by atoms with Gasteiger partial charge in [0.2, 0.25) is 0 Å². The van der Waals surface area contributed by atoms with Crippen LogP contribution < -0.4 is 0 Å². The third kappa shape index (κ3) is 3.10. The monoisotopic (exact) mass is 253 g/mol. The van der Waals surface area contributed by atoms with Crippen molar-refractivity contribution in [1.29, 1.82) is 0 Å². The smallest absolute Gasteiger partial charge is 0.274 e. The molecule has 0 spiro atoms. The Bertz CT molecular complexity index is 418. The number of aryl methyl sites for hydroxylation is 1. The lowest BCUT2D eigenvalue weighted by Gasteiger charge is -2.21. The lowest BCUT2D eigenvalue weighted by Crippen LogP contribution is -2.34. The van der Waals surface area contributed by atoms with Crippen LogP contribution in [0.2, 0.25) is 0 Å². The molecule has 0 saturated carbocycles. The number of hydrogen-bond acceptors (Lipinski definition) is 3. The summed E-state index contributed by atoms with van der Waals surface area (Å²) in [6.45, 7) is 10.9. The first-order chi connectivity index (χ1) is 8.31. The van der Waals surface area contributed by atoms with Crippen LogP contribution in [0, 0.1) is 6.92 Å². The molecule has 5 heteroatoms. The Morgan fingerprint density at radius 3 is 2.50 bits per heavy atom. The molecule has 1 N–H and O–H groups in total. The van der Waals surface area contributed by atoms with E-state index in [1.807, 2.05) is 39.3 Å². The topological polar surface area (TPSA) is 58.4 Å². The zero-order valence-corrected chi connectivity index (χ0v) is 11.9. The Morgan fingerprint density at radius 2 is 2.11 bits per heavy atom. The van der Waals surface area contributed by atoms with Crippen molar-refractivity contribution < 1.29 is 9.90 Å². The fourth-order valence-corrected chi connectivity index (χ4v) is 1.94. The highest BCUT2D eigenvalue weighted by atomic mass is 16.3. The van der Waals surface area contributed by atoms with Crippen LogP contribution in [0.3, 0.4) is 0 Å². The molecule has 1 amide bonds. The second-order valence-electron chi connectivity index (χ2n) is 5.36. The van der Waals surface area contributed by atoms with E-state index in [4.69, 9.17) is 5.11 Å². The van der Waals surface area contributed by atoms with Crippen LogP contribution in [0.4, 0.5) is 0 Å². The summed E-state index contributed by atoms with van der Waals surface area (Å²) in [6, 6.07) is 1.80. The molecule has 102 valence electrons. The second-order valence-corrected chi connectivity index (χ2v) is 5.36. The van der Waals surface area contributed by atoms with Crippen LogP contribution in [0.15, 0.2) is 6.07 Å². The number of hydrogen-bond donors (Lipinski definition) is 1. The number of carbonyl (C=O) groups is 1. The van der Waals surface area contributed by atoms with Crippen molar-refractivity contribution >= 4 is 5.91 Å². The highest BCUT2D eigenvalue weighted by Gasteiger charge is 2.22. The molecule has 1 aromatic rings. The number of aliphatic hydroxyl groups is 1. The maximum absolute atomic E-state index is 12.2. The molecule has 1 rings (SSSR count). The Hall–Kier alpha value is -1.36. The van der Waals surface area contributed by atoms with E-state index in [-0.39, 0.29) is 18.1 Å². The molecular formula is C13H23N3O2. The third-order valence-corrected chi connectivity index (χ3v) is 2.78. The van der Waals surface area contributed by atoms with Crippen molar-refractivity contribution in [3.05, 3.63) is 17.5 Å². The van der Waals surface area contributed by atoms with Crippen LogP contribution in [-0.2, 0) is 5.54 Å². The van der Waals surface area contributed by atoms with Gasteiger partial charge in [0, 0.05) is 18.8 Å². The molecule has 1 heterocycles. The summed E-state index contributed by atoms with van der Waals surface area (Å²) >= 11 is 0. The van der Waals surface area contributed by atoms with Crippen LogP contribution >= 0.6 is 0 Å².